The van der Waals surface area contributed by atoms with Gasteiger partial charge in [0.25, 0.3) is 5.91 Å². The first kappa shape index (κ1) is 21.0. The fourth-order valence-corrected chi connectivity index (χ4v) is 2.36. The normalized spacial score (nSPS) is 10.3. The molecule has 2 amide bonds. The SMILES string of the molecule is Cc1ccc(C)c(NC(=O)CN(C)C(=O)COC(=O)c2cc(F)cc(F)c2)c1. The molecule has 1 N–H and O–H groups in total. The Morgan fingerprint density at radius 1 is 1.04 bits per heavy atom. The maximum absolute atomic E-state index is 13.1. The fourth-order valence-electron chi connectivity index (χ4n) is 2.36. The molecule has 8 heteroatoms. The van der Waals surface area contributed by atoms with Gasteiger partial charge in [-0.05, 0) is 43.2 Å². The second-order valence-electron chi connectivity index (χ2n) is 6.35. The molecule has 2 rings (SSSR count). The van der Waals surface area contributed by atoms with Gasteiger partial charge in [0, 0.05) is 18.8 Å². The molecule has 0 heterocycles. The summed E-state index contributed by atoms with van der Waals surface area (Å²) in [5.74, 6) is -3.96. The van der Waals surface area contributed by atoms with Crippen LogP contribution in [0.3, 0.4) is 0 Å². The number of benzene rings is 2. The molecule has 0 aromatic heterocycles. The number of nitrogens with one attached hydrogen (secondary N) is 1. The zero-order chi connectivity index (χ0) is 20.8. The van der Waals surface area contributed by atoms with Crippen molar-refractivity contribution in [3.63, 3.8) is 0 Å². The highest BCUT2D eigenvalue weighted by Gasteiger charge is 2.17. The molecule has 0 saturated heterocycles. The standard InChI is InChI=1S/C20H20F2N2O4/c1-12-4-5-13(2)17(6-12)23-18(25)10-24(3)19(26)11-28-20(27)14-7-15(21)9-16(22)8-14/h4-9H,10-11H2,1-3H3,(H,23,25). The van der Waals surface area contributed by atoms with E-state index in [2.05, 4.69) is 5.32 Å². The van der Waals surface area contributed by atoms with Crippen LogP contribution >= 0.6 is 0 Å². The Labute approximate surface area is 161 Å². The van der Waals surface area contributed by atoms with Crippen molar-refractivity contribution in [2.45, 2.75) is 13.8 Å². The van der Waals surface area contributed by atoms with Crippen LogP contribution in [0.2, 0.25) is 0 Å². The van der Waals surface area contributed by atoms with Crippen LogP contribution in [0.5, 0.6) is 0 Å². The van der Waals surface area contributed by atoms with Gasteiger partial charge < -0.3 is 15.0 Å². The topological polar surface area (TPSA) is 75.7 Å². The van der Waals surface area contributed by atoms with Gasteiger partial charge in [0.15, 0.2) is 6.61 Å². The minimum atomic E-state index is -1.04. The van der Waals surface area contributed by atoms with Gasteiger partial charge in [-0.3, -0.25) is 9.59 Å². The molecule has 148 valence electrons. The second kappa shape index (κ2) is 9.07. The number of anilines is 1. The maximum atomic E-state index is 13.1. The van der Waals surface area contributed by atoms with Crippen molar-refractivity contribution in [2.24, 2.45) is 0 Å². The van der Waals surface area contributed by atoms with E-state index >= 15 is 0 Å². The smallest absolute Gasteiger partial charge is 0.338 e. The minimum Gasteiger partial charge on any atom is -0.452 e. The van der Waals surface area contributed by atoms with Gasteiger partial charge in [-0.25, -0.2) is 13.6 Å². The molecule has 0 aliphatic rings. The zero-order valence-electron chi connectivity index (χ0n) is 15.7. The molecule has 0 fully saturated rings. The Morgan fingerprint density at radius 2 is 1.68 bits per heavy atom. The van der Waals surface area contributed by atoms with Crippen LogP contribution in [0, 0.1) is 25.5 Å². The van der Waals surface area contributed by atoms with E-state index in [9.17, 15) is 23.2 Å². The summed E-state index contributed by atoms with van der Waals surface area (Å²) in [4.78, 5) is 37.1. The fraction of sp³-hybridized carbons (Fsp3) is 0.250. The zero-order valence-corrected chi connectivity index (χ0v) is 15.7. The van der Waals surface area contributed by atoms with Crippen molar-refractivity contribution in [3.05, 3.63) is 64.7 Å². The number of aryl methyl sites for hydroxylation is 2. The summed E-state index contributed by atoms with van der Waals surface area (Å²) >= 11 is 0. The summed E-state index contributed by atoms with van der Waals surface area (Å²) in [6, 6.07) is 7.82. The van der Waals surface area contributed by atoms with Gasteiger partial charge in [-0.15, -0.1) is 0 Å². The van der Waals surface area contributed by atoms with E-state index in [0.717, 1.165) is 28.2 Å². The number of hydrogen-bond donors (Lipinski definition) is 1. The molecule has 0 saturated carbocycles. The van der Waals surface area contributed by atoms with Crippen molar-refractivity contribution >= 4 is 23.5 Å². The van der Waals surface area contributed by atoms with Crippen molar-refractivity contribution in [3.8, 4) is 0 Å². The van der Waals surface area contributed by atoms with Crippen LogP contribution in [0.25, 0.3) is 0 Å². The first-order valence-electron chi connectivity index (χ1n) is 8.40. The van der Waals surface area contributed by atoms with E-state index in [-0.39, 0.29) is 12.1 Å². The van der Waals surface area contributed by atoms with E-state index in [4.69, 9.17) is 4.74 Å². The van der Waals surface area contributed by atoms with Gasteiger partial charge in [0.05, 0.1) is 12.1 Å². The summed E-state index contributed by atoms with van der Waals surface area (Å²) in [5.41, 5.74) is 2.15. The number of ether oxygens (including phenoxy) is 1. The summed E-state index contributed by atoms with van der Waals surface area (Å²) in [6.45, 7) is 2.82. The molecule has 0 unspecified atom stereocenters. The molecule has 6 nitrogen and oxygen atoms in total. The Bertz CT molecular complexity index is 895. The predicted octanol–water partition coefficient (Wildman–Crippen LogP) is 2.84. The molecule has 2 aromatic rings. The number of carbonyl (C=O) groups excluding carboxylic acids is 3. The van der Waals surface area contributed by atoms with Crippen LogP contribution in [0.1, 0.15) is 21.5 Å². The molecule has 28 heavy (non-hydrogen) atoms. The lowest BCUT2D eigenvalue weighted by Gasteiger charge is -2.17. The van der Waals surface area contributed by atoms with Gasteiger partial charge in [0.2, 0.25) is 5.91 Å². The molecule has 0 radical (unpaired) electrons. The molecular weight excluding hydrogens is 370 g/mol. The average Bonchev–Trinajstić information content (AvgIpc) is 2.61. The maximum Gasteiger partial charge on any atom is 0.338 e. The van der Waals surface area contributed by atoms with Crippen molar-refractivity contribution in [2.75, 3.05) is 25.5 Å². The average molecular weight is 390 g/mol. The third-order valence-electron chi connectivity index (χ3n) is 3.90. The van der Waals surface area contributed by atoms with Crippen LogP contribution in [-0.2, 0) is 14.3 Å². The predicted molar refractivity (Wildman–Crippen MR) is 98.8 cm³/mol. The molecule has 0 atom stereocenters. The Hall–Kier alpha value is -3.29. The quantitative estimate of drug-likeness (QED) is 0.770. The van der Waals surface area contributed by atoms with E-state index < -0.39 is 36.0 Å². The van der Waals surface area contributed by atoms with E-state index in [1.807, 2.05) is 32.0 Å². The molecule has 0 bridgehead atoms. The number of carbonyl (C=O) groups is 3. The monoisotopic (exact) mass is 390 g/mol. The van der Waals surface area contributed by atoms with Gasteiger partial charge in [-0.2, -0.15) is 0 Å². The van der Waals surface area contributed by atoms with Crippen molar-refractivity contribution in [1.29, 1.82) is 0 Å². The van der Waals surface area contributed by atoms with Crippen LogP contribution < -0.4 is 5.32 Å². The molecule has 0 aliphatic heterocycles. The Morgan fingerprint density at radius 3 is 2.32 bits per heavy atom. The summed E-state index contributed by atoms with van der Waals surface area (Å²) in [6.07, 6.45) is 0. The van der Waals surface area contributed by atoms with Crippen molar-refractivity contribution in [1.82, 2.24) is 4.90 Å². The van der Waals surface area contributed by atoms with E-state index in [1.165, 1.54) is 7.05 Å². The van der Waals surface area contributed by atoms with E-state index in [1.54, 1.807) is 0 Å². The van der Waals surface area contributed by atoms with Gasteiger partial charge in [-0.1, -0.05) is 12.1 Å². The third-order valence-corrected chi connectivity index (χ3v) is 3.90. The lowest BCUT2D eigenvalue weighted by atomic mass is 10.1. The highest BCUT2D eigenvalue weighted by atomic mass is 19.1. The number of halogens is 2. The molecular formula is C20H20F2N2O4. The van der Waals surface area contributed by atoms with Crippen LogP contribution in [0.15, 0.2) is 36.4 Å². The number of esters is 1. The second-order valence-corrected chi connectivity index (χ2v) is 6.35. The molecule has 0 aliphatic carbocycles. The van der Waals surface area contributed by atoms with Crippen LogP contribution in [-0.4, -0.2) is 42.9 Å². The number of hydrogen-bond acceptors (Lipinski definition) is 4. The molecule has 0 spiro atoms. The lowest BCUT2D eigenvalue weighted by molar-refractivity contribution is -0.136. The highest BCUT2D eigenvalue weighted by Crippen LogP contribution is 2.16. The minimum absolute atomic E-state index is 0.252. The van der Waals surface area contributed by atoms with Crippen molar-refractivity contribution < 1.29 is 27.9 Å². The van der Waals surface area contributed by atoms with E-state index in [0.29, 0.717) is 11.8 Å². The Balaban J connectivity index is 1.87. The number of amides is 2. The van der Waals surface area contributed by atoms with Crippen LogP contribution in [0.4, 0.5) is 14.5 Å². The summed E-state index contributed by atoms with van der Waals surface area (Å²) in [5, 5.41) is 2.72. The number of nitrogens with zero attached hydrogens (tertiary/aromatic N) is 1. The molecule has 2 aromatic carbocycles. The lowest BCUT2D eigenvalue weighted by Crippen LogP contribution is -2.37. The highest BCUT2D eigenvalue weighted by molar-refractivity contribution is 5.96. The largest absolute Gasteiger partial charge is 0.452 e. The first-order valence-corrected chi connectivity index (χ1v) is 8.40. The first-order chi connectivity index (χ1) is 13.2. The van der Waals surface area contributed by atoms with Gasteiger partial charge >= 0.3 is 5.97 Å². The third kappa shape index (κ3) is 5.87. The van der Waals surface area contributed by atoms with Gasteiger partial charge in [0.1, 0.15) is 11.6 Å². The Kier molecular flexibility index (Phi) is 6.81. The summed E-state index contributed by atoms with van der Waals surface area (Å²) < 4.78 is 31.0. The number of rotatable bonds is 6. The summed E-state index contributed by atoms with van der Waals surface area (Å²) in [7, 11) is 1.38. The number of likely N-dealkylation sites (N-methyl/N-ethyl adjacent to an activating group) is 1.